The monoisotopic (exact) mass is 387 g/mol. The first kappa shape index (κ1) is 21.6. The maximum absolute atomic E-state index is 12.6. The summed E-state index contributed by atoms with van der Waals surface area (Å²) in [6.07, 6.45) is -0.811. The highest BCUT2D eigenvalue weighted by Crippen LogP contribution is 2.34. The fourth-order valence-corrected chi connectivity index (χ4v) is 2.85. The van der Waals surface area contributed by atoms with Gasteiger partial charge in [-0.05, 0) is 38.5 Å². The van der Waals surface area contributed by atoms with Crippen LogP contribution in [0.1, 0.15) is 42.7 Å². The first-order chi connectivity index (χ1) is 13.3. The van der Waals surface area contributed by atoms with Crippen LogP contribution in [-0.2, 0) is 14.4 Å². The van der Waals surface area contributed by atoms with Crippen LogP contribution in [0.3, 0.4) is 0 Å². The highest BCUT2D eigenvalue weighted by Gasteiger charge is 2.47. The van der Waals surface area contributed by atoms with E-state index >= 15 is 0 Å². The topological polar surface area (TPSA) is 96.3 Å². The average molecular weight is 387 g/mol. The van der Waals surface area contributed by atoms with Crippen molar-refractivity contribution in [3.63, 3.8) is 0 Å². The highest BCUT2D eigenvalue weighted by molar-refractivity contribution is 5.89. The molecule has 2 aromatic carbocycles. The molecule has 0 aliphatic rings. The number of carbonyl (C=O) groups is 2. The van der Waals surface area contributed by atoms with Gasteiger partial charge in [-0.1, -0.05) is 48.5 Å². The predicted octanol–water partition coefficient (Wildman–Crippen LogP) is 3.02. The Kier molecular flexibility index (Phi) is 7.28. The number of aliphatic hydroxyl groups is 1. The number of ether oxygens (including phenoxy) is 1. The lowest BCUT2D eigenvalue weighted by Gasteiger charge is -2.39. The first-order valence-corrected chi connectivity index (χ1v) is 8.97. The van der Waals surface area contributed by atoms with E-state index in [1.807, 2.05) is 0 Å². The maximum atomic E-state index is 12.6. The molecule has 2 rings (SSSR count). The standard InChI is InChI=1S/C21H25NO6/c1-4-27-15(2)22(28-19(23)17-13-9-6-10-14-17)18(21(3,26)20(24)25)16-11-7-5-8-12-16/h5-15,18,26H,4H2,1-3H3,(H,24,25). The van der Waals surface area contributed by atoms with Crippen molar-refractivity contribution < 1.29 is 29.4 Å². The quantitative estimate of drug-likeness (QED) is 0.504. The summed E-state index contributed by atoms with van der Waals surface area (Å²) in [6.45, 7) is 4.85. The van der Waals surface area contributed by atoms with Gasteiger partial charge in [0.2, 0.25) is 0 Å². The molecule has 0 radical (unpaired) electrons. The van der Waals surface area contributed by atoms with Crippen molar-refractivity contribution in [2.24, 2.45) is 0 Å². The normalized spacial score (nSPS) is 15.5. The van der Waals surface area contributed by atoms with Crippen LogP contribution >= 0.6 is 0 Å². The molecule has 2 N–H and O–H groups in total. The SMILES string of the molecule is CCOC(C)N(OC(=O)c1ccccc1)C(c1ccccc1)C(C)(O)C(=O)O. The van der Waals surface area contributed by atoms with Gasteiger partial charge in [0.15, 0.2) is 5.60 Å². The zero-order chi connectivity index (χ0) is 20.7. The summed E-state index contributed by atoms with van der Waals surface area (Å²) in [4.78, 5) is 30.0. The van der Waals surface area contributed by atoms with E-state index in [0.29, 0.717) is 12.2 Å². The van der Waals surface area contributed by atoms with E-state index in [2.05, 4.69) is 0 Å². The van der Waals surface area contributed by atoms with Gasteiger partial charge < -0.3 is 19.8 Å². The fourth-order valence-electron chi connectivity index (χ4n) is 2.85. The molecule has 0 aromatic heterocycles. The van der Waals surface area contributed by atoms with E-state index in [-0.39, 0.29) is 5.56 Å². The average Bonchev–Trinajstić information content (AvgIpc) is 2.68. The van der Waals surface area contributed by atoms with E-state index < -0.39 is 29.8 Å². The molecule has 0 fully saturated rings. The van der Waals surface area contributed by atoms with Gasteiger partial charge >= 0.3 is 11.9 Å². The van der Waals surface area contributed by atoms with Gasteiger partial charge in [0.05, 0.1) is 5.56 Å². The smallest absolute Gasteiger partial charge is 0.357 e. The van der Waals surface area contributed by atoms with Crippen molar-refractivity contribution in [3.05, 3.63) is 71.8 Å². The van der Waals surface area contributed by atoms with E-state index in [9.17, 15) is 19.8 Å². The van der Waals surface area contributed by atoms with Crippen molar-refractivity contribution in [2.45, 2.75) is 38.6 Å². The van der Waals surface area contributed by atoms with Gasteiger partial charge in [-0.3, -0.25) is 0 Å². The van der Waals surface area contributed by atoms with E-state index in [1.165, 1.54) is 0 Å². The zero-order valence-corrected chi connectivity index (χ0v) is 16.1. The molecule has 0 bridgehead atoms. The number of benzene rings is 2. The van der Waals surface area contributed by atoms with Gasteiger partial charge in [-0.15, -0.1) is 5.06 Å². The number of hydrogen-bond donors (Lipinski definition) is 2. The second-order valence-electron chi connectivity index (χ2n) is 6.43. The molecule has 0 aliphatic carbocycles. The Balaban J connectivity index is 2.49. The number of aliphatic carboxylic acids is 1. The Morgan fingerprint density at radius 2 is 1.61 bits per heavy atom. The van der Waals surface area contributed by atoms with Crippen LogP contribution in [0.2, 0.25) is 0 Å². The number of carbonyl (C=O) groups excluding carboxylic acids is 1. The Bertz CT molecular complexity index is 778. The Morgan fingerprint density at radius 3 is 2.11 bits per heavy atom. The highest BCUT2D eigenvalue weighted by atomic mass is 16.7. The van der Waals surface area contributed by atoms with Gasteiger partial charge in [0, 0.05) is 6.61 Å². The lowest BCUT2D eigenvalue weighted by Crippen LogP contribution is -2.53. The van der Waals surface area contributed by atoms with E-state index in [0.717, 1.165) is 12.0 Å². The third-order valence-electron chi connectivity index (χ3n) is 4.30. The third-order valence-corrected chi connectivity index (χ3v) is 4.30. The molecule has 0 amide bonds. The van der Waals surface area contributed by atoms with Crippen LogP contribution in [0.4, 0.5) is 0 Å². The second kappa shape index (κ2) is 9.45. The summed E-state index contributed by atoms with van der Waals surface area (Å²) in [6, 6.07) is 15.6. The molecule has 7 heteroatoms. The van der Waals surface area contributed by atoms with Crippen LogP contribution in [0.25, 0.3) is 0 Å². The van der Waals surface area contributed by atoms with Crippen molar-refractivity contribution in [2.75, 3.05) is 6.61 Å². The van der Waals surface area contributed by atoms with Crippen LogP contribution < -0.4 is 0 Å². The molecule has 3 atom stereocenters. The molecule has 0 spiro atoms. The molecule has 0 heterocycles. The van der Waals surface area contributed by atoms with Gasteiger partial charge in [-0.25, -0.2) is 9.59 Å². The minimum atomic E-state index is -2.26. The fraction of sp³-hybridized carbons (Fsp3) is 0.333. The molecule has 3 unspecified atom stereocenters. The van der Waals surface area contributed by atoms with E-state index in [1.54, 1.807) is 74.5 Å². The summed E-state index contributed by atoms with van der Waals surface area (Å²) in [5.41, 5.74) is -1.51. The number of hydroxylamine groups is 2. The van der Waals surface area contributed by atoms with Crippen LogP contribution in [-0.4, -0.2) is 45.7 Å². The molecule has 2 aromatic rings. The lowest BCUT2D eigenvalue weighted by molar-refractivity contribution is -0.261. The molecule has 7 nitrogen and oxygen atoms in total. The lowest BCUT2D eigenvalue weighted by atomic mass is 9.89. The minimum absolute atomic E-state index is 0.290. The van der Waals surface area contributed by atoms with Crippen LogP contribution in [0.5, 0.6) is 0 Å². The summed E-state index contributed by atoms with van der Waals surface area (Å²) < 4.78 is 5.56. The summed E-state index contributed by atoms with van der Waals surface area (Å²) in [7, 11) is 0. The van der Waals surface area contributed by atoms with Crippen LogP contribution in [0.15, 0.2) is 60.7 Å². The summed E-state index contributed by atoms with van der Waals surface area (Å²) >= 11 is 0. The maximum Gasteiger partial charge on any atom is 0.357 e. The number of carboxylic acid groups (broad SMARTS) is 1. The predicted molar refractivity (Wildman–Crippen MR) is 102 cm³/mol. The van der Waals surface area contributed by atoms with Crippen molar-refractivity contribution in [1.82, 2.24) is 5.06 Å². The third kappa shape index (κ3) is 4.95. The van der Waals surface area contributed by atoms with E-state index in [4.69, 9.17) is 9.57 Å². The molecule has 0 saturated carbocycles. The number of hydrogen-bond acceptors (Lipinski definition) is 6. The summed E-state index contributed by atoms with van der Waals surface area (Å²) in [5, 5.41) is 21.5. The first-order valence-electron chi connectivity index (χ1n) is 8.97. The molecule has 28 heavy (non-hydrogen) atoms. The zero-order valence-electron chi connectivity index (χ0n) is 16.1. The largest absolute Gasteiger partial charge is 0.479 e. The molecular weight excluding hydrogens is 362 g/mol. The number of nitrogens with zero attached hydrogens (tertiary/aromatic N) is 1. The number of carboxylic acids is 1. The molecule has 150 valence electrons. The van der Waals surface area contributed by atoms with Crippen molar-refractivity contribution in [1.29, 1.82) is 0 Å². The van der Waals surface area contributed by atoms with Gasteiger partial charge in [-0.2, -0.15) is 0 Å². The van der Waals surface area contributed by atoms with Gasteiger partial charge in [0.1, 0.15) is 12.3 Å². The minimum Gasteiger partial charge on any atom is -0.479 e. The van der Waals surface area contributed by atoms with Crippen molar-refractivity contribution >= 4 is 11.9 Å². The van der Waals surface area contributed by atoms with Crippen LogP contribution in [0, 0.1) is 0 Å². The Morgan fingerprint density at radius 1 is 1.07 bits per heavy atom. The Hall–Kier alpha value is -2.74. The number of rotatable bonds is 9. The van der Waals surface area contributed by atoms with Crippen molar-refractivity contribution in [3.8, 4) is 0 Å². The van der Waals surface area contributed by atoms with Gasteiger partial charge in [0.25, 0.3) is 0 Å². The molecule has 0 aliphatic heterocycles. The second-order valence-corrected chi connectivity index (χ2v) is 6.43. The molecular formula is C21H25NO6. The molecule has 0 saturated heterocycles. The Labute approximate surface area is 164 Å². The summed E-state index contributed by atoms with van der Waals surface area (Å²) in [5.74, 6) is -2.14.